The topological polar surface area (TPSA) is 48.0 Å². The normalized spacial score (nSPS) is 15.2. The van der Waals surface area contributed by atoms with Gasteiger partial charge in [-0.2, -0.15) is 0 Å². The fourth-order valence-electron chi connectivity index (χ4n) is 3.87. The maximum absolute atomic E-state index is 13.4. The highest BCUT2D eigenvalue weighted by atomic mass is 35.5. The number of rotatable bonds is 6. The van der Waals surface area contributed by atoms with Crippen molar-refractivity contribution < 1.29 is 19.0 Å². The number of methoxy groups -OCH3 is 2. The Morgan fingerprint density at radius 2 is 1.68 bits per heavy atom. The average molecular weight is 438 g/mol. The van der Waals surface area contributed by atoms with Gasteiger partial charge in [0.2, 0.25) is 0 Å². The Bertz CT molecular complexity index is 1070. The van der Waals surface area contributed by atoms with E-state index in [9.17, 15) is 4.79 Å². The first-order valence-corrected chi connectivity index (χ1v) is 10.5. The molecule has 0 saturated carbocycles. The summed E-state index contributed by atoms with van der Waals surface area (Å²) in [5.74, 6) is 2.23. The van der Waals surface area contributed by atoms with Gasteiger partial charge in [0.05, 0.1) is 20.3 Å². The van der Waals surface area contributed by atoms with E-state index in [1.54, 1.807) is 38.5 Å². The van der Waals surface area contributed by atoms with Crippen LogP contribution in [0, 0.1) is 0 Å². The number of fused-ring (bicyclic) bond motifs is 1. The van der Waals surface area contributed by atoms with Gasteiger partial charge in [-0.3, -0.25) is 4.79 Å². The van der Waals surface area contributed by atoms with Gasteiger partial charge in [-0.15, -0.1) is 0 Å². The summed E-state index contributed by atoms with van der Waals surface area (Å²) >= 11 is 6.13. The van der Waals surface area contributed by atoms with Crippen LogP contribution in [0.2, 0.25) is 5.02 Å². The Balaban J connectivity index is 1.63. The molecule has 31 heavy (non-hydrogen) atoms. The maximum Gasteiger partial charge on any atom is 0.254 e. The molecule has 0 radical (unpaired) electrons. The van der Waals surface area contributed by atoms with Crippen LogP contribution in [-0.4, -0.2) is 38.2 Å². The molecule has 5 nitrogen and oxygen atoms in total. The van der Waals surface area contributed by atoms with Crippen LogP contribution < -0.4 is 14.2 Å². The van der Waals surface area contributed by atoms with Crippen molar-refractivity contribution in [3.63, 3.8) is 0 Å². The molecule has 160 valence electrons. The summed E-state index contributed by atoms with van der Waals surface area (Å²) in [6, 6.07) is 20.2. The summed E-state index contributed by atoms with van der Waals surface area (Å²) in [6.07, 6.45) is 0.748. The summed E-state index contributed by atoms with van der Waals surface area (Å²) in [5, 5.41) is 0.541. The van der Waals surface area contributed by atoms with E-state index in [1.807, 2.05) is 47.4 Å². The van der Waals surface area contributed by atoms with Gasteiger partial charge in [0.15, 0.2) is 0 Å². The van der Waals surface area contributed by atoms with Crippen molar-refractivity contribution in [3.8, 4) is 17.2 Å². The minimum Gasteiger partial charge on any atom is -0.497 e. The zero-order valence-electron chi connectivity index (χ0n) is 17.5. The summed E-state index contributed by atoms with van der Waals surface area (Å²) in [7, 11) is 3.28. The molecule has 1 aliphatic heterocycles. The Kier molecular flexibility index (Phi) is 6.33. The molecule has 4 rings (SSSR count). The van der Waals surface area contributed by atoms with E-state index >= 15 is 0 Å². The summed E-state index contributed by atoms with van der Waals surface area (Å²) in [4.78, 5) is 15.2. The summed E-state index contributed by atoms with van der Waals surface area (Å²) < 4.78 is 16.7. The molecule has 1 heterocycles. The van der Waals surface area contributed by atoms with Gasteiger partial charge in [0, 0.05) is 17.1 Å². The van der Waals surface area contributed by atoms with Gasteiger partial charge in [0.1, 0.15) is 23.9 Å². The monoisotopic (exact) mass is 437 g/mol. The standard InChI is InChI=1S/C25H24ClNO4/c1-29-20-6-8-21(9-7-20)31-16-24-23-11-10-22(30-2)15-17(23)12-13-27(24)25(28)18-4-3-5-19(26)14-18/h3-11,14-15,24H,12-13,16H2,1-2H3. The number of amides is 1. The number of halogens is 1. The number of carbonyl (C=O) groups excluding carboxylic acids is 1. The largest absolute Gasteiger partial charge is 0.497 e. The molecule has 0 aromatic heterocycles. The molecule has 0 aliphatic carbocycles. The minimum absolute atomic E-state index is 0.0627. The number of hydrogen-bond donors (Lipinski definition) is 0. The number of nitrogens with zero attached hydrogens (tertiary/aromatic N) is 1. The SMILES string of the molecule is COc1ccc(OCC2c3ccc(OC)cc3CCN2C(=O)c2cccc(Cl)c2)cc1. The molecule has 6 heteroatoms. The van der Waals surface area contributed by atoms with E-state index in [2.05, 4.69) is 0 Å². The molecular weight excluding hydrogens is 414 g/mol. The van der Waals surface area contributed by atoms with Crippen LogP contribution in [0.5, 0.6) is 17.2 Å². The minimum atomic E-state index is -0.233. The van der Waals surface area contributed by atoms with E-state index in [0.29, 0.717) is 23.7 Å². The van der Waals surface area contributed by atoms with Crippen LogP contribution in [0.3, 0.4) is 0 Å². The van der Waals surface area contributed by atoms with Crippen LogP contribution in [0.25, 0.3) is 0 Å². The van der Waals surface area contributed by atoms with Gasteiger partial charge in [0.25, 0.3) is 5.91 Å². The third-order valence-corrected chi connectivity index (χ3v) is 5.74. The molecule has 0 bridgehead atoms. The second-order valence-electron chi connectivity index (χ2n) is 7.33. The van der Waals surface area contributed by atoms with Crippen molar-refractivity contribution in [3.05, 3.63) is 88.4 Å². The van der Waals surface area contributed by atoms with E-state index < -0.39 is 0 Å². The van der Waals surface area contributed by atoms with E-state index in [0.717, 1.165) is 34.8 Å². The molecular formula is C25H24ClNO4. The Morgan fingerprint density at radius 1 is 0.968 bits per heavy atom. The van der Waals surface area contributed by atoms with Crippen molar-refractivity contribution in [2.45, 2.75) is 12.5 Å². The van der Waals surface area contributed by atoms with Gasteiger partial charge >= 0.3 is 0 Å². The van der Waals surface area contributed by atoms with Crippen molar-refractivity contribution in [1.29, 1.82) is 0 Å². The Labute approximate surface area is 187 Å². The van der Waals surface area contributed by atoms with Crippen molar-refractivity contribution in [2.75, 3.05) is 27.4 Å². The first kappa shape index (κ1) is 21.1. The molecule has 0 saturated heterocycles. The first-order chi connectivity index (χ1) is 15.1. The Morgan fingerprint density at radius 3 is 2.39 bits per heavy atom. The third-order valence-electron chi connectivity index (χ3n) is 5.51. The fraction of sp³-hybridized carbons (Fsp3) is 0.240. The lowest BCUT2D eigenvalue weighted by Gasteiger charge is -2.37. The molecule has 0 N–H and O–H groups in total. The highest BCUT2D eigenvalue weighted by Crippen LogP contribution is 2.34. The van der Waals surface area contributed by atoms with Gasteiger partial charge in [-0.1, -0.05) is 23.7 Å². The van der Waals surface area contributed by atoms with Crippen LogP contribution in [0.1, 0.15) is 27.5 Å². The smallest absolute Gasteiger partial charge is 0.254 e. The number of hydrogen-bond acceptors (Lipinski definition) is 4. The number of benzene rings is 3. The second kappa shape index (κ2) is 9.31. The highest BCUT2D eigenvalue weighted by molar-refractivity contribution is 6.30. The molecule has 0 spiro atoms. The lowest BCUT2D eigenvalue weighted by atomic mass is 9.92. The number of ether oxygens (including phenoxy) is 3. The predicted molar refractivity (Wildman–Crippen MR) is 120 cm³/mol. The van der Waals surface area contributed by atoms with Crippen LogP contribution in [-0.2, 0) is 6.42 Å². The molecule has 3 aromatic carbocycles. The number of carbonyl (C=O) groups is 1. The van der Waals surface area contributed by atoms with Crippen LogP contribution >= 0.6 is 11.6 Å². The molecule has 1 aliphatic rings. The summed E-state index contributed by atoms with van der Waals surface area (Å²) in [6.45, 7) is 0.917. The fourth-order valence-corrected chi connectivity index (χ4v) is 4.06. The van der Waals surface area contributed by atoms with Crippen molar-refractivity contribution >= 4 is 17.5 Å². The molecule has 1 atom stereocenters. The van der Waals surface area contributed by atoms with Gasteiger partial charge in [-0.05, 0) is 72.1 Å². The third kappa shape index (κ3) is 4.62. The van der Waals surface area contributed by atoms with Crippen LogP contribution in [0.15, 0.2) is 66.7 Å². The highest BCUT2D eigenvalue weighted by Gasteiger charge is 2.32. The van der Waals surface area contributed by atoms with Crippen LogP contribution in [0.4, 0.5) is 0 Å². The molecule has 1 amide bonds. The summed E-state index contributed by atoms with van der Waals surface area (Å²) in [5.41, 5.74) is 2.80. The van der Waals surface area contributed by atoms with E-state index in [-0.39, 0.29) is 11.9 Å². The molecule has 0 fully saturated rings. The zero-order valence-corrected chi connectivity index (χ0v) is 18.3. The molecule has 3 aromatic rings. The zero-order chi connectivity index (χ0) is 21.8. The first-order valence-electron chi connectivity index (χ1n) is 10.1. The van der Waals surface area contributed by atoms with Crippen molar-refractivity contribution in [2.24, 2.45) is 0 Å². The maximum atomic E-state index is 13.4. The molecule has 1 unspecified atom stereocenters. The lowest BCUT2D eigenvalue weighted by Crippen LogP contribution is -2.42. The van der Waals surface area contributed by atoms with Crippen molar-refractivity contribution in [1.82, 2.24) is 4.90 Å². The Hall–Kier alpha value is -3.18. The second-order valence-corrected chi connectivity index (χ2v) is 7.76. The predicted octanol–water partition coefficient (Wildman–Crippen LogP) is 5.18. The van der Waals surface area contributed by atoms with E-state index in [1.165, 1.54) is 0 Å². The average Bonchev–Trinajstić information content (AvgIpc) is 2.81. The lowest BCUT2D eigenvalue weighted by molar-refractivity contribution is 0.0590. The quantitative estimate of drug-likeness (QED) is 0.533. The van der Waals surface area contributed by atoms with Gasteiger partial charge < -0.3 is 19.1 Å². The van der Waals surface area contributed by atoms with Gasteiger partial charge in [-0.25, -0.2) is 0 Å². The van der Waals surface area contributed by atoms with E-state index in [4.69, 9.17) is 25.8 Å².